The number of nitrogens with one attached hydrogen (secondary N) is 1. The summed E-state index contributed by atoms with van der Waals surface area (Å²) in [5.74, 6) is 2.15. The Morgan fingerprint density at radius 2 is 2.17 bits per heavy atom. The standard InChI is InChI=1S/C22H25N5O3/c1-14-22-18(26(13-23-22)11-15-3-4-15)10-20(24-14)25-16-5-6-17-19(9-16)30-12-21(28)27(17)7-8-29-2/h5-6,9-10,13,15H,3-4,7-8,11-12H2,1-2H3,(H,24,25). The zero-order valence-corrected chi connectivity index (χ0v) is 17.2. The number of pyridine rings is 1. The molecule has 1 N–H and O–H groups in total. The van der Waals surface area contributed by atoms with Crippen LogP contribution in [-0.4, -0.2) is 47.3 Å². The first-order valence-electron chi connectivity index (χ1n) is 10.3. The average Bonchev–Trinajstić information content (AvgIpc) is 3.46. The second-order valence-corrected chi connectivity index (χ2v) is 7.94. The molecule has 1 aliphatic heterocycles. The van der Waals surface area contributed by atoms with Crippen LogP contribution in [0.5, 0.6) is 5.75 Å². The maximum absolute atomic E-state index is 12.2. The van der Waals surface area contributed by atoms with Crippen LogP contribution in [0, 0.1) is 12.8 Å². The van der Waals surface area contributed by atoms with Gasteiger partial charge in [0, 0.05) is 38.0 Å². The summed E-state index contributed by atoms with van der Waals surface area (Å²) in [6, 6.07) is 7.78. The number of imidazole rings is 1. The molecule has 156 valence electrons. The summed E-state index contributed by atoms with van der Waals surface area (Å²) in [5.41, 5.74) is 4.56. The van der Waals surface area contributed by atoms with Gasteiger partial charge in [0.2, 0.25) is 0 Å². The SMILES string of the molecule is COCCN1C(=O)COc2cc(Nc3cc4c(ncn4CC4CC4)c(C)n3)ccc21. The predicted octanol–water partition coefficient (Wildman–Crippen LogP) is 3.27. The Balaban J connectivity index is 1.42. The zero-order valence-electron chi connectivity index (χ0n) is 17.2. The van der Waals surface area contributed by atoms with Gasteiger partial charge in [0.25, 0.3) is 5.91 Å². The molecule has 0 bridgehead atoms. The number of anilines is 3. The van der Waals surface area contributed by atoms with Gasteiger partial charge >= 0.3 is 0 Å². The Morgan fingerprint density at radius 1 is 1.30 bits per heavy atom. The molecule has 1 aliphatic carbocycles. The van der Waals surface area contributed by atoms with Crippen LogP contribution in [0.4, 0.5) is 17.2 Å². The van der Waals surface area contributed by atoms with E-state index in [0.717, 1.165) is 46.4 Å². The number of benzene rings is 1. The fourth-order valence-electron chi connectivity index (χ4n) is 3.86. The summed E-state index contributed by atoms with van der Waals surface area (Å²) >= 11 is 0. The topological polar surface area (TPSA) is 81.5 Å². The molecule has 1 fully saturated rings. The number of fused-ring (bicyclic) bond motifs is 2. The van der Waals surface area contributed by atoms with E-state index in [0.29, 0.717) is 18.9 Å². The lowest BCUT2D eigenvalue weighted by Crippen LogP contribution is -2.40. The van der Waals surface area contributed by atoms with Crippen molar-refractivity contribution < 1.29 is 14.3 Å². The first-order valence-corrected chi connectivity index (χ1v) is 10.3. The van der Waals surface area contributed by atoms with E-state index in [2.05, 4.69) is 19.9 Å². The molecule has 5 rings (SSSR count). The zero-order chi connectivity index (χ0) is 20.7. The van der Waals surface area contributed by atoms with Gasteiger partial charge in [-0.25, -0.2) is 9.97 Å². The van der Waals surface area contributed by atoms with E-state index >= 15 is 0 Å². The Hall–Kier alpha value is -3.13. The molecular weight excluding hydrogens is 382 g/mol. The molecule has 8 nitrogen and oxygen atoms in total. The van der Waals surface area contributed by atoms with Crippen molar-refractivity contribution in [2.24, 2.45) is 5.92 Å². The van der Waals surface area contributed by atoms with Gasteiger partial charge in [-0.2, -0.15) is 0 Å². The number of hydrogen-bond donors (Lipinski definition) is 1. The lowest BCUT2D eigenvalue weighted by molar-refractivity contribution is -0.121. The summed E-state index contributed by atoms with van der Waals surface area (Å²) in [6.07, 6.45) is 4.52. The summed E-state index contributed by atoms with van der Waals surface area (Å²) in [6.45, 7) is 4.00. The van der Waals surface area contributed by atoms with Crippen molar-refractivity contribution in [3.8, 4) is 5.75 Å². The minimum absolute atomic E-state index is 0.0316. The fraction of sp³-hybridized carbons (Fsp3) is 0.409. The molecule has 0 spiro atoms. The van der Waals surface area contributed by atoms with Crippen LogP contribution in [0.1, 0.15) is 18.5 Å². The predicted molar refractivity (Wildman–Crippen MR) is 114 cm³/mol. The summed E-state index contributed by atoms with van der Waals surface area (Å²) in [4.78, 5) is 23.1. The van der Waals surface area contributed by atoms with Crippen LogP contribution < -0.4 is 15.0 Å². The van der Waals surface area contributed by atoms with Crippen LogP contribution in [0.2, 0.25) is 0 Å². The molecule has 0 saturated heterocycles. The third-order valence-corrected chi connectivity index (χ3v) is 5.63. The van der Waals surface area contributed by atoms with E-state index in [-0.39, 0.29) is 12.5 Å². The summed E-state index contributed by atoms with van der Waals surface area (Å²) in [5, 5.41) is 3.38. The molecule has 0 atom stereocenters. The van der Waals surface area contributed by atoms with Crippen molar-refractivity contribution >= 4 is 34.1 Å². The van der Waals surface area contributed by atoms with Gasteiger partial charge in [-0.1, -0.05) is 0 Å². The van der Waals surface area contributed by atoms with E-state index in [1.165, 1.54) is 12.8 Å². The number of methoxy groups -OCH3 is 1. The smallest absolute Gasteiger partial charge is 0.265 e. The van der Waals surface area contributed by atoms with Crippen LogP contribution >= 0.6 is 0 Å². The van der Waals surface area contributed by atoms with Gasteiger partial charge in [0.1, 0.15) is 17.1 Å². The Labute approximate surface area is 174 Å². The van der Waals surface area contributed by atoms with E-state index in [1.54, 1.807) is 12.0 Å². The minimum Gasteiger partial charge on any atom is -0.481 e. The van der Waals surface area contributed by atoms with E-state index in [1.807, 2.05) is 37.5 Å². The van der Waals surface area contributed by atoms with Gasteiger partial charge in [0.15, 0.2) is 6.61 Å². The molecule has 1 saturated carbocycles. The molecule has 1 aromatic carbocycles. The highest BCUT2D eigenvalue weighted by molar-refractivity contribution is 5.98. The lowest BCUT2D eigenvalue weighted by atomic mass is 10.2. The lowest BCUT2D eigenvalue weighted by Gasteiger charge is -2.29. The Morgan fingerprint density at radius 3 is 2.97 bits per heavy atom. The number of carbonyl (C=O) groups excluding carboxylic acids is 1. The minimum atomic E-state index is -0.0630. The number of rotatable bonds is 7. The maximum atomic E-state index is 12.2. The molecule has 1 amide bonds. The van der Waals surface area contributed by atoms with E-state index in [9.17, 15) is 4.79 Å². The quantitative estimate of drug-likeness (QED) is 0.647. The van der Waals surface area contributed by atoms with Crippen molar-refractivity contribution in [3.05, 3.63) is 36.3 Å². The summed E-state index contributed by atoms with van der Waals surface area (Å²) < 4.78 is 13.0. The highest BCUT2D eigenvalue weighted by atomic mass is 16.5. The fourth-order valence-corrected chi connectivity index (χ4v) is 3.86. The first-order chi connectivity index (χ1) is 14.6. The molecule has 0 radical (unpaired) electrons. The maximum Gasteiger partial charge on any atom is 0.265 e. The molecule has 3 aromatic rings. The van der Waals surface area contributed by atoms with Gasteiger partial charge in [0.05, 0.1) is 29.8 Å². The second kappa shape index (κ2) is 7.60. The second-order valence-electron chi connectivity index (χ2n) is 7.94. The van der Waals surface area contributed by atoms with Crippen molar-refractivity contribution in [3.63, 3.8) is 0 Å². The highest BCUT2D eigenvalue weighted by Crippen LogP contribution is 2.36. The Kier molecular flexibility index (Phi) is 4.78. The third kappa shape index (κ3) is 3.59. The molecular formula is C22H25N5O3. The Bertz CT molecular complexity index is 1110. The van der Waals surface area contributed by atoms with Crippen molar-refractivity contribution in [2.45, 2.75) is 26.3 Å². The largest absolute Gasteiger partial charge is 0.481 e. The molecule has 2 aliphatic rings. The van der Waals surface area contributed by atoms with Gasteiger partial charge in [-0.05, 0) is 37.8 Å². The molecule has 0 unspecified atom stereocenters. The van der Waals surface area contributed by atoms with Crippen molar-refractivity contribution in [1.29, 1.82) is 0 Å². The number of aryl methyl sites for hydroxylation is 1. The molecule has 2 aromatic heterocycles. The van der Waals surface area contributed by atoms with Crippen molar-refractivity contribution in [1.82, 2.24) is 14.5 Å². The molecule has 30 heavy (non-hydrogen) atoms. The van der Waals surface area contributed by atoms with Crippen LogP contribution in [-0.2, 0) is 16.1 Å². The molecule has 3 heterocycles. The normalized spacial score (nSPS) is 15.9. The van der Waals surface area contributed by atoms with Crippen molar-refractivity contribution in [2.75, 3.05) is 37.1 Å². The number of amides is 1. The number of nitrogens with zero attached hydrogens (tertiary/aromatic N) is 4. The number of carbonyl (C=O) groups is 1. The first kappa shape index (κ1) is 18.9. The number of aromatic nitrogens is 3. The average molecular weight is 407 g/mol. The number of ether oxygens (including phenoxy) is 2. The third-order valence-electron chi connectivity index (χ3n) is 5.63. The molecule has 8 heteroatoms. The van der Waals surface area contributed by atoms with E-state index in [4.69, 9.17) is 9.47 Å². The van der Waals surface area contributed by atoms with Crippen LogP contribution in [0.3, 0.4) is 0 Å². The monoisotopic (exact) mass is 407 g/mol. The highest BCUT2D eigenvalue weighted by Gasteiger charge is 2.26. The van der Waals surface area contributed by atoms with E-state index < -0.39 is 0 Å². The van der Waals surface area contributed by atoms with Gasteiger partial charge in [-0.3, -0.25) is 4.79 Å². The van der Waals surface area contributed by atoms with Crippen LogP contribution in [0.15, 0.2) is 30.6 Å². The van der Waals surface area contributed by atoms with Gasteiger partial charge < -0.3 is 24.3 Å². The van der Waals surface area contributed by atoms with Gasteiger partial charge in [-0.15, -0.1) is 0 Å². The van der Waals surface area contributed by atoms with Crippen LogP contribution in [0.25, 0.3) is 11.0 Å². The summed E-state index contributed by atoms with van der Waals surface area (Å²) in [7, 11) is 1.63. The number of hydrogen-bond acceptors (Lipinski definition) is 6.